The van der Waals surface area contributed by atoms with Crippen molar-refractivity contribution in [2.75, 3.05) is 32.5 Å². The molecular weight excluding hydrogens is 416 g/mol. The number of rotatable bonds is 6. The minimum Gasteiger partial charge on any atom is -0.339 e. The van der Waals surface area contributed by atoms with Gasteiger partial charge >= 0.3 is 0 Å². The van der Waals surface area contributed by atoms with Crippen LogP contribution in [0, 0.1) is 12.8 Å². The number of pyridine rings is 1. The van der Waals surface area contributed by atoms with E-state index < -0.39 is 0 Å². The van der Waals surface area contributed by atoms with Gasteiger partial charge in [-0.05, 0) is 88.5 Å². The summed E-state index contributed by atoms with van der Waals surface area (Å²) in [7, 11) is 4.04. The van der Waals surface area contributed by atoms with Crippen LogP contribution < -0.4 is 10.9 Å². The van der Waals surface area contributed by atoms with Gasteiger partial charge in [0.05, 0.1) is 5.52 Å². The molecule has 2 aliphatic rings. The van der Waals surface area contributed by atoms with Crippen LogP contribution in [0.5, 0.6) is 0 Å². The lowest BCUT2D eigenvalue weighted by Crippen LogP contribution is -2.44. The second-order valence-corrected chi connectivity index (χ2v) is 9.65. The average Bonchev–Trinajstić information content (AvgIpc) is 3.55. The highest BCUT2D eigenvalue weighted by molar-refractivity contribution is 5.96. The number of aromatic amines is 1. The van der Waals surface area contributed by atoms with Crippen LogP contribution >= 0.6 is 0 Å². The molecule has 1 saturated carbocycles. The molecule has 174 valence electrons. The topological polar surface area (TPSA) is 86.3 Å². The predicted octanol–water partition coefficient (Wildman–Crippen LogP) is 3.35. The molecule has 2 N–H and O–H groups in total. The first-order valence-electron chi connectivity index (χ1n) is 11.8. The van der Waals surface area contributed by atoms with Crippen molar-refractivity contribution in [3.63, 3.8) is 0 Å². The molecule has 5 rings (SSSR count). The lowest BCUT2D eigenvalue weighted by atomic mass is 10.0. The predicted molar refractivity (Wildman–Crippen MR) is 130 cm³/mol. The van der Waals surface area contributed by atoms with Crippen LogP contribution in [0.3, 0.4) is 0 Å². The van der Waals surface area contributed by atoms with Gasteiger partial charge in [0.1, 0.15) is 5.39 Å². The van der Waals surface area contributed by atoms with E-state index >= 15 is 0 Å². The number of nitrogens with one attached hydrogen (secondary N) is 2. The Kier molecular flexibility index (Phi) is 5.70. The van der Waals surface area contributed by atoms with Crippen molar-refractivity contribution in [2.45, 2.75) is 45.2 Å². The van der Waals surface area contributed by atoms with E-state index in [1.165, 1.54) is 12.8 Å². The first-order chi connectivity index (χ1) is 15.9. The van der Waals surface area contributed by atoms with E-state index in [9.17, 15) is 9.59 Å². The summed E-state index contributed by atoms with van der Waals surface area (Å²) in [6.07, 6.45) is 6.11. The number of amides is 1. The number of likely N-dealkylation sites (tertiary alicyclic amines) is 1. The molecule has 8 nitrogen and oxygen atoms in total. The van der Waals surface area contributed by atoms with Crippen LogP contribution in [-0.4, -0.2) is 63.7 Å². The van der Waals surface area contributed by atoms with Crippen molar-refractivity contribution in [3.8, 4) is 0 Å². The van der Waals surface area contributed by atoms with Crippen molar-refractivity contribution < 1.29 is 4.79 Å². The van der Waals surface area contributed by atoms with E-state index in [-0.39, 0.29) is 17.5 Å². The fourth-order valence-corrected chi connectivity index (χ4v) is 4.76. The number of benzene rings is 1. The number of aromatic nitrogens is 3. The normalized spacial score (nSPS) is 17.4. The molecule has 1 aromatic carbocycles. The van der Waals surface area contributed by atoms with Crippen LogP contribution in [0.1, 0.15) is 41.6 Å². The molecule has 2 fully saturated rings. The molecule has 3 heterocycles. The Balaban J connectivity index is 1.37. The number of H-pyrrole nitrogens is 1. The molecule has 33 heavy (non-hydrogen) atoms. The second-order valence-electron chi connectivity index (χ2n) is 9.65. The summed E-state index contributed by atoms with van der Waals surface area (Å²) in [6, 6.07) is 7.91. The van der Waals surface area contributed by atoms with Gasteiger partial charge in [0.25, 0.3) is 11.5 Å². The molecular formula is C25H32N6O2. The fourth-order valence-electron chi connectivity index (χ4n) is 4.76. The fraction of sp³-hybridized carbons (Fsp3) is 0.480. The Morgan fingerprint density at radius 2 is 1.97 bits per heavy atom. The first-order valence-corrected chi connectivity index (χ1v) is 11.8. The minimum atomic E-state index is -0.152. The summed E-state index contributed by atoms with van der Waals surface area (Å²) in [5.41, 5.74) is 3.12. The molecule has 1 amide bonds. The number of carbonyl (C=O) groups excluding carboxylic acids is 1. The summed E-state index contributed by atoms with van der Waals surface area (Å²) in [5, 5.41) is 8.61. The third-order valence-electron chi connectivity index (χ3n) is 7.08. The Hall–Kier alpha value is -3.13. The van der Waals surface area contributed by atoms with Gasteiger partial charge in [0.2, 0.25) is 0 Å². The van der Waals surface area contributed by atoms with Gasteiger partial charge in [-0.25, -0.2) is 0 Å². The van der Waals surface area contributed by atoms with Gasteiger partial charge in [-0.15, -0.1) is 0 Å². The van der Waals surface area contributed by atoms with E-state index in [1.807, 2.05) is 47.8 Å². The number of nitrogens with zero attached hydrogens (tertiary/aromatic N) is 4. The number of carbonyl (C=O) groups is 1. The molecule has 2 aromatic heterocycles. The number of piperidine rings is 1. The van der Waals surface area contributed by atoms with Crippen LogP contribution in [-0.2, 0) is 6.54 Å². The van der Waals surface area contributed by atoms with Gasteiger partial charge in [-0.3, -0.25) is 14.3 Å². The van der Waals surface area contributed by atoms with E-state index in [0.29, 0.717) is 22.7 Å². The molecule has 8 heteroatoms. The molecule has 0 atom stereocenters. The maximum Gasteiger partial charge on any atom is 0.261 e. The Morgan fingerprint density at radius 3 is 2.67 bits per heavy atom. The van der Waals surface area contributed by atoms with E-state index in [2.05, 4.69) is 22.2 Å². The maximum absolute atomic E-state index is 13.2. The maximum atomic E-state index is 13.2. The molecule has 0 bridgehead atoms. The molecule has 1 saturated heterocycles. The third-order valence-corrected chi connectivity index (χ3v) is 7.08. The molecule has 0 spiro atoms. The Bertz CT molecular complexity index is 1230. The van der Waals surface area contributed by atoms with Gasteiger partial charge in [0, 0.05) is 37.1 Å². The van der Waals surface area contributed by atoms with E-state index in [1.54, 1.807) is 6.20 Å². The zero-order chi connectivity index (χ0) is 23.1. The van der Waals surface area contributed by atoms with E-state index in [0.717, 1.165) is 49.2 Å². The van der Waals surface area contributed by atoms with Crippen LogP contribution in [0.2, 0.25) is 0 Å². The van der Waals surface area contributed by atoms with Gasteiger partial charge in [-0.2, -0.15) is 5.10 Å². The molecule has 3 aromatic rings. The monoisotopic (exact) mass is 448 g/mol. The summed E-state index contributed by atoms with van der Waals surface area (Å²) in [4.78, 5) is 32.7. The summed E-state index contributed by atoms with van der Waals surface area (Å²) < 4.78 is 1.94. The third kappa shape index (κ3) is 4.39. The molecule has 0 radical (unpaired) electrons. The van der Waals surface area contributed by atoms with Gasteiger partial charge in [0.15, 0.2) is 5.82 Å². The largest absolute Gasteiger partial charge is 0.339 e. The standard InChI is InChI=1S/C25H32N6O2/c1-16-14-18(6-7-20(16)25(33)30(3)19-9-12-29(2)13-10-19)27-23-22-21(8-11-26-24(22)32)31(28-23)15-17-4-5-17/h6-8,11,14,17,19H,4-5,9-10,12-13,15H2,1-3H3,(H,26,32)(H,27,28). The number of anilines is 2. The summed E-state index contributed by atoms with van der Waals surface area (Å²) in [6.45, 7) is 4.82. The Labute approximate surface area is 193 Å². The summed E-state index contributed by atoms with van der Waals surface area (Å²) >= 11 is 0. The highest BCUT2D eigenvalue weighted by Crippen LogP contribution is 2.33. The Morgan fingerprint density at radius 1 is 1.21 bits per heavy atom. The first kappa shape index (κ1) is 21.7. The van der Waals surface area contributed by atoms with Gasteiger partial charge in [-0.1, -0.05) is 0 Å². The molecule has 1 aliphatic heterocycles. The van der Waals surface area contributed by atoms with Crippen molar-refractivity contribution in [2.24, 2.45) is 5.92 Å². The SMILES string of the molecule is Cc1cc(Nc2nn(CC3CC3)c3cc[nH]c(=O)c23)ccc1C(=O)N(C)C1CCN(C)CC1. The van der Waals surface area contributed by atoms with Crippen molar-refractivity contribution in [1.29, 1.82) is 0 Å². The second kappa shape index (κ2) is 8.67. The van der Waals surface area contributed by atoms with Crippen molar-refractivity contribution >= 4 is 28.3 Å². The average molecular weight is 449 g/mol. The highest BCUT2D eigenvalue weighted by atomic mass is 16.2. The highest BCUT2D eigenvalue weighted by Gasteiger charge is 2.26. The summed E-state index contributed by atoms with van der Waals surface area (Å²) in [5.74, 6) is 1.26. The van der Waals surface area contributed by atoms with Crippen molar-refractivity contribution in [1.82, 2.24) is 24.6 Å². The number of fused-ring (bicyclic) bond motifs is 1. The number of hydrogen-bond acceptors (Lipinski definition) is 5. The zero-order valence-electron chi connectivity index (χ0n) is 19.6. The lowest BCUT2D eigenvalue weighted by molar-refractivity contribution is 0.0659. The van der Waals surface area contributed by atoms with Crippen molar-refractivity contribution in [3.05, 3.63) is 51.9 Å². The van der Waals surface area contributed by atoms with Gasteiger partial charge < -0.3 is 20.1 Å². The zero-order valence-corrected chi connectivity index (χ0v) is 19.6. The van der Waals surface area contributed by atoms with Crippen LogP contribution in [0.15, 0.2) is 35.3 Å². The molecule has 1 aliphatic carbocycles. The van der Waals surface area contributed by atoms with E-state index in [4.69, 9.17) is 5.10 Å². The smallest absolute Gasteiger partial charge is 0.261 e. The van der Waals surface area contributed by atoms with Crippen LogP contribution in [0.4, 0.5) is 11.5 Å². The minimum absolute atomic E-state index is 0.0595. The lowest BCUT2D eigenvalue weighted by Gasteiger charge is -2.35. The number of aryl methyl sites for hydroxylation is 1. The quantitative estimate of drug-likeness (QED) is 0.604. The molecule has 0 unspecified atom stereocenters. The number of hydrogen-bond donors (Lipinski definition) is 2. The van der Waals surface area contributed by atoms with Crippen LogP contribution in [0.25, 0.3) is 10.9 Å².